The first kappa shape index (κ1) is 17.0. The summed E-state index contributed by atoms with van der Waals surface area (Å²) in [6, 6.07) is 0. The minimum Gasteiger partial charge on any atom is -0.286 e. The summed E-state index contributed by atoms with van der Waals surface area (Å²) in [4.78, 5) is 45.2. The van der Waals surface area contributed by atoms with Gasteiger partial charge in [-0.15, -0.1) is 0 Å². The van der Waals surface area contributed by atoms with Crippen molar-refractivity contribution in [2.45, 2.75) is 27.7 Å². The Morgan fingerprint density at radius 2 is 1.63 bits per heavy atom. The van der Waals surface area contributed by atoms with Crippen LogP contribution in [0.1, 0.15) is 27.7 Å². The fourth-order valence-electron chi connectivity index (χ4n) is 1.65. The van der Waals surface area contributed by atoms with Crippen LogP contribution in [0.5, 0.6) is 0 Å². The molecule has 0 aliphatic carbocycles. The van der Waals surface area contributed by atoms with Crippen LogP contribution in [0.15, 0.2) is 11.6 Å². The number of imide groups is 2. The third kappa shape index (κ3) is 3.49. The number of carbonyl (C=O) groups is 4. The van der Waals surface area contributed by atoms with Gasteiger partial charge >= 0.3 is 0 Å². The lowest BCUT2D eigenvalue weighted by molar-refractivity contribution is -0.138. The first-order chi connectivity index (χ1) is 8.25. The van der Waals surface area contributed by atoms with Gasteiger partial charge in [0.25, 0.3) is 11.8 Å². The topological polar surface area (TPSA) is 74.8 Å². The Morgan fingerprint density at radius 1 is 1.11 bits per heavy atom. The van der Waals surface area contributed by atoms with E-state index in [4.69, 9.17) is 0 Å². The summed E-state index contributed by atoms with van der Waals surface area (Å²) in [7, 11) is 2.99. The number of hydrogen-bond donors (Lipinski definition) is 0. The zero-order valence-corrected chi connectivity index (χ0v) is 10.9. The van der Waals surface area contributed by atoms with Gasteiger partial charge in [-0.1, -0.05) is 14.4 Å². The van der Waals surface area contributed by atoms with Gasteiger partial charge in [-0.2, -0.15) is 0 Å². The van der Waals surface area contributed by atoms with Crippen molar-refractivity contribution in [2.75, 3.05) is 14.1 Å². The second-order valence-electron chi connectivity index (χ2n) is 4.43. The van der Waals surface area contributed by atoms with Crippen molar-refractivity contribution in [2.24, 2.45) is 5.92 Å². The molecule has 0 aromatic carbocycles. The average Bonchev–Trinajstić information content (AvgIpc) is 2.66. The summed E-state index contributed by atoms with van der Waals surface area (Å²) in [6.07, 6.45) is 1.72. The second kappa shape index (κ2) is 6.26. The zero-order chi connectivity index (χ0) is 14.0. The smallest absolute Gasteiger partial charge is 0.256 e. The molecule has 4 amide bonds. The molecule has 6 nitrogen and oxygen atoms in total. The van der Waals surface area contributed by atoms with Crippen LogP contribution in [-0.2, 0) is 19.2 Å². The molecule has 0 bridgehead atoms. The molecule has 0 aromatic rings. The Morgan fingerprint density at radius 3 is 1.74 bits per heavy atom. The highest BCUT2D eigenvalue weighted by Crippen LogP contribution is 2.15. The molecule has 1 saturated heterocycles. The van der Waals surface area contributed by atoms with Crippen LogP contribution >= 0.6 is 0 Å². The van der Waals surface area contributed by atoms with Crippen molar-refractivity contribution < 1.29 is 19.2 Å². The van der Waals surface area contributed by atoms with Gasteiger partial charge in [-0.3, -0.25) is 29.0 Å². The van der Waals surface area contributed by atoms with Crippen LogP contribution in [0.4, 0.5) is 0 Å². The SMILES string of the molecule is C.CC1=CC(=O)N(C)C1=O.CC1CC(=O)N(C)C1=O. The van der Waals surface area contributed by atoms with Gasteiger partial charge in [-0.05, 0) is 6.92 Å². The van der Waals surface area contributed by atoms with Crippen LogP contribution in [0.3, 0.4) is 0 Å². The summed E-state index contributed by atoms with van der Waals surface area (Å²) in [6.45, 7) is 3.40. The lowest BCUT2D eigenvalue weighted by Crippen LogP contribution is -2.25. The molecule has 2 aliphatic rings. The van der Waals surface area contributed by atoms with Crippen LogP contribution in [0.25, 0.3) is 0 Å². The highest BCUT2D eigenvalue weighted by Gasteiger charge is 2.32. The molecule has 1 fully saturated rings. The first-order valence-electron chi connectivity index (χ1n) is 5.56. The maximum atomic E-state index is 10.8. The average molecular weight is 268 g/mol. The highest BCUT2D eigenvalue weighted by atomic mass is 16.2. The predicted octanol–water partition coefficient (Wildman–Crippen LogP) is 0.579. The molecule has 0 spiro atoms. The minimum absolute atomic E-state index is 0. The predicted molar refractivity (Wildman–Crippen MR) is 69.8 cm³/mol. The molecule has 2 heterocycles. The van der Waals surface area contributed by atoms with Gasteiger partial charge in [0.05, 0.1) is 0 Å². The summed E-state index contributed by atoms with van der Waals surface area (Å²) >= 11 is 0. The number of amides is 4. The van der Waals surface area contributed by atoms with Gasteiger partial charge in [0.2, 0.25) is 11.8 Å². The fourth-order valence-corrected chi connectivity index (χ4v) is 1.65. The molecule has 0 aromatic heterocycles. The Hall–Kier alpha value is -1.98. The van der Waals surface area contributed by atoms with Gasteiger partial charge in [0.1, 0.15) is 0 Å². The number of hydrogen-bond acceptors (Lipinski definition) is 4. The van der Waals surface area contributed by atoms with Crippen molar-refractivity contribution in [3.63, 3.8) is 0 Å². The van der Waals surface area contributed by atoms with Gasteiger partial charge in [0, 0.05) is 38.1 Å². The standard InChI is InChI=1S/C6H9NO2.C6H7NO2.CH4/c2*1-4-3-5(8)7(2)6(4)9;/h4H,3H2,1-2H3;3H,1-2H3;1H4. The first-order valence-corrected chi connectivity index (χ1v) is 5.56. The van der Waals surface area contributed by atoms with E-state index in [9.17, 15) is 19.2 Å². The van der Waals surface area contributed by atoms with E-state index < -0.39 is 0 Å². The van der Waals surface area contributed by atoms with Crippen molar-refractivity contribution in [3.8, 4) is 0 Å². The normalized spacial score (nSPS) is 22.1. The van der Waals surface area contributed by atoms with Crippen LogP contribution < -0.4 is 0 Å². The van der Waals surface area contributed by atoms with E-state index >= 15 is 0 Å². The Balaban J connectivity index is 0.000000324. The second-order valence-corrected chi connectivity index (χ2v) is 4.43. The number of carbonyl (C=O) groups excluding carboxylic acids is 4. The van der Waals surface area contributed by atoms with Crippen LogP contribution in [0.2, 0.25) is 0 Å². The monoisotopic (exact) mass is 268 g/mol. The maximum Gasteiger partial charge on any atom is 0.256 e. The summed E-state index contributed by atoms with van der Waals surface area (Å²) in [5.74, 6) is -0.632. The van der Waals surface area contributed by atoms with E-state index in [2.05, 4.69) is 0 Å². The molecule has 0 saturated carbocycles. The number of likely N-dealkylation sites (tertiary alicyclic amines) is 1. The molecular formula is C13H20N2O4. The largest absolute Gasteiger partial charge is 0.286 e. The van der Waals surface area contributed by atoms with E-state index in [1.165, 1.54) is 25.1 Å². The summed E-state index contributed by atoms with van der Waals surface area (Å²) in [5.41, 5.74) is 0.516. The van der Waals surface area contributed by atoms with E-state index in [0.29, 0.717) is 12.0 Å². The van der Waals surface area contributed by atoms with Crippen LogP contribution in [0, 0.1) is 5.92 Å². The van der Waals surface area contributed by atoms with Gasteiger partial charge in [0.15, 0.2) is 0 Å². The van der Waals surface area contributed by atoms with E-state index in [0.717, 1.165) is 4.90 Å². The molecule has 0 N–H and O–H groups in total. The van der Waals surface area contributed by atoms with E-state index in [-0.39, 0.29) is 37.0 Å². The minimum atomic E-state index is -0.225. The van der Waals surface area contributed by atoms with Gasteiger partial charge in [-0.25, -0.2) is 0 Å². The van der Waals surface area contributed by atoms with Crippen molar-refractivity contribution in [1.29, 1.82) is 0 Å². The van der Waals surface area contributed by atoms with Gasteiger partial charge < -0.3 is 0 Å². The molecule has 6 heteroatoms. The molecule has 19 heavy (non-hydrogen) atoms. The molecular weight excluding hydrogens is 248 g/mol. The third-order valence-electron chi connectivity index (χ3n) is 2.92. The lowest BCUT2D eigenvalue weighted by atomic mass is 10.1. The Kier molecular flexibility index (Phi) is 5.61. The van der Waals surface area contributed by atoms with Crippen molar-refractivity contribution in [3.05, 3.63) is 11.6 Å². The van der Waals surface area contributed by atoms with Crippen molar-refractivity contribution >= 4 is 23.6 Å². The number of likely N-dealkylation sites (N-methyl/N-ethyl adjacent to an activating group) is 1. The molecule has 0 radical (unpaired) electrons. The summed E-state index contributed by atoms with van der Waals surface area (Å²) in [5, 5.41) is 0. The molecule has 1 unspecified atom stereocenters. The lowest BCUT2D eigenvalue weighted by Gasteiger charge is -2.03. The quantitative estimate of drug-likeness (QED) is 0.602. The molecule has 106 valence electrons. The van der Waals surface area contributed by atoms with E-state index in [1.807, 2.05) is 0 Å². The van der Waals surface area contributed by atoms with E-state index in [1.54, 1.807) is 13.8 Å². The number of nitrogens with zero attached hydrogens (tertiary/aromatic N) is 2. The summed E-state index contributed by atoms with van der Waals surface area (Å²) < 4.78 is 0. The maximum absolute atomic E-state index is 10.8. The fraction of sp³-hybridized carbons (Fsp3) is 0.538. The highest BCUT2D eigenvalue weighted by molar-refractivity contribution is 6.15. The third-order valence-corrected chi connectivity index (χ3v) is 2.92. The van der Waals surface area contributed by atoms with Crippen LogP contribution in [-0.4, -0.2) is 47.5 Å². The molecule has 2 aliphatic heterocycles. The Labute approximate surface area is 113 Å². The molecule has 1 atom stereocenters. The molecule has 2 rings (SSSR count). The Bertz CT molecular complexity index is 454. The zero-order valence-electron chi connectivity index (χ0n) is 10.9. The van der Waals surface area contributed by atoms with Crippen molar-refractivity contribution in [1.82, 2.24) is 9.80 Å². The number of rotatable bonds is 0.